The smallest absolute Gasteiger partial charge is 0.457 e. The quantitative estimate of drug-likeness (QED) is 0.232. The molecule has 0 atom stereocenters. The molecule has 3 aromatic carbocycles. The second-order valence-corrected chi connectivity index (χ2v) is 11.3. The molecule has 37 heavy (non-hydrogen) atoms. The van der Waals surface area contributed by atoms with Crippen molar-refractivity contribution in [3.63, 3.8) is 0 Å². The van der Waals surface area contributed by atoms with E-state index < -0.39 is 28.0 Å². The number of sulfonamides is 1. The van der Waals surface area contributed by atoms with Gasteiger partial charge in [0.15, 0.2) is 0 Å². The zero-order chi connectivity index (χ0) is 27.0. The lowest BCUT2D eigenvalue weighted by Crippen LogP contribution is -2.17. The average molecular weight is 591 g/mol. The molecule has 7 nitrogen and oxygen atoms in total. The number of carbonyl (C=O) groups excluding carboxylic acids is 1. The van der Waals surface area contributed by atoms with E-state index in [0.717, 1.165) is 23.1 Å². The number of ether oxygens (including phenoxy) is 2. The molecule has 0 aliphatic rings. The summed E-state index contributed by atoms with van der Waals surface area (Å²) in [5, 5.41) is 3.49. The zero-order valence-electron chi connectivity index (χ0n) is 18.5. The Kier molecular flexibility index (Phi) is 7.47. The van der Waals surface area contributed by atoms with Crippen LogP contribution < -0.4 is 19.5 Å². The summed E-state index contributed by atoms with van der Waals surface area (Å²) in [6.45, 7) is 0. The maximum Gasteiger partial charge on any atom is 0.573 e. The Morgan fingerprint density at radius 3 is 2.22 bits per heavy atom. The number of alkyl halides is 3. The Bertz CT molecular complexity index is 1610. The molecule has 0 aliphatic heterocycles. The summed E-state index contributed by atoms with van der Waals surface area (Å²) >= 11 is 13.2. The fourth-order valence-electron chi connectivity index (χ4n) is 3.24. The van der Waals surface area contributed by atoms with E-state index in [9.17, 15) is 26.4 Å². The Morgan fingerprint density at radius 2 is 1.54 bits per heavy atom. The van der Waals surface area contributed by atoms with Crippen molar-refractivity contribution < 1.29 is 35.9 Å². The molecule has 1 heterocycles. The number of hydrogen-bond acceptors (Lipinski definition) is 6. The highest BCUT2D eigenvalue weighted by Gasteiger charge is 2.31. The van der Waals surface area contributed by atoms with Gasteiger partial charge in [0.25, 0.3) is 5.91 Å². The van der Waals surface area contributed by atoms with Crippen molar-refractivity contribution in [3.8, 4) is 17.2 Å². The molecule has 4 aromatic rings. The van der Waals surface area contributed by atoms with Gasteiger partial charge in [-0.1, -0.05) is 23.2 Å². The number of rotatable bonds is 7. The van der Waals surface area contributed by atoms with Crippen LogP contribution in [0.4, 0.5) is 24.5 Å². The summed E-state index contributed by atoms with van der Waals surface area (Å²) in [6, 6.07) is 14.1. The van der Waals surface area contributed by atoms with Crippen LogP contribution in [0.15, 0.2) is 60.7 Å². The van der Waals surface area contributed by atoms with Gasteiger partial charge >= 0.3 is 6.36 Å². The third kappa shape index (κ3) is 7.65. The highest BCUT2D eigenvalue weighted by Crippen LogP contribution is 2.35. The van der Waals surface area contributed by atoms with Gasteiger partial charge in [0.2, 0.25) is 10.0 Å². The lowest BCUT2D eigenvalue weighted by Gasteiger charge is -2.13. The van der Waals surface area contributed by atoms with Crippen LogP contribution in [-0.2, 0) is 10.0 Å². The summed E-state index contributed by atoms with van der Waals surface area (Å²) in [6.07, 6.45) is -3.87. The minimum Gasteiger partial charge on any atom is -0.457 e. The molecule has 2 N–H and O–H groups in total. The van der Waals surface area contributed by atoms with Crippen LogP contribution in [0.2, 0.25) is 10.0 Å². The van der Waals surface area contributed by atoms with Gasteiger partial charge in [-0.3, -0.25) is 9.52 Å². The average Bonchev–Trinajstić information content (AvgIpc) is 3.14. The van der Waals surface area contributed by atoms with Crippen LogP contribution in [0.1, 0.15) is 9.67 Å². The lowest BCUT2D eigenvalue weighted by atomic mass is 10.2. The second-order valence-electron chi connectivity index (χ2n) is 7.64. The van der Waals surface area contributed by atoms with Crippen LogP contribution in [0.25, 0.3) is 10.1 Å². The van der Waals surface area contributed by atoms with Gasteiger partial charge in [-0.25, -0.2) is 8.42 Å². The van der Waals surface area contributed by atoms with Crippen LogP contribution in [-0.4, -0.2) is 26.9 Å². The highest BCUT2D eigenvalue weighted by atomic mass is 35.5. The van der Waals surface area contributed by atoms with E-state index in [2.05, 4.69) is 14.8 Å². The number of halogens is 5. The molecule has 0 radical (unpaired) electrons. The summed E-state index contributed by atoms with van der Waals surface area (Å²) in [4.78, 5) is 13.2. The number of thiophene rings is 1. The Balaban J connectivity index is 1.53. The molecule has 0 saturated heterocycles. The number of amides is 1. The maximum atomic E-state index is 12.9. The topological polar surface area (TPSA) is 93.7 Å². The van der Waals surface area contributed by atoms with Gasteiger partial charge in [0.1, 0.15) is 17.2 Å². The molecule has 14 heteroatoms. The molecule has 0 bridgehead atoms. The molecule has 0 spiro atoms. The van der Waals surface area contributed by atoms with Crippen molar-refractivity contribution in [2.24, 2.45) is 0 Å². The summed E-state index contributed by atoms with van der Waals surface area (Å²) in [7, 11) is -3.45. The summed E-state index contributed by atoms with van der Waals surface area (Å²) < 4.78 is 73.2. The molecule has 1 aromatic heterocycles. The number of fused-ring (bicyclic) bond motifs is 1. The molecule has 0 aliphatic carbocycles. The normalized spacial score (nSPS) is 11.8. The molecular weight excluding hydrogens is 576 g/mol. The van der Waals surface area contributed by atoms with Crippen molar-refractivity contribution in [2.45, 2.75) is 6.36 Å². The van der Waals surface area contributed by atoms with Gasteiger partial charge in [-0.15, -0.1) is 24.5 Å². The van der Waals surface area contributed by atoms with E-state index in [1.54, 1.807) is 24.3 Å². The van der Waals surface area contributed by atoms with E-state index in [1.807, 2.05) is 0 Å². The van der Waals surface area contributed by atoms with Gasteiger partial charge in [-0.05, 0) is 53.9 Å². The first kappa shape index (κ1) is 26.9. The Labute approximate surface area is 222 Å². The molecule has 0 unspecified atom stereocenters. The molecule has 0 saturated carbocycles. The Morgan fingerprint density at radius 1 is 0.892 bits per heavy atom. The third-order valence-electron chi connectivity index (χ3n) is 4.49. The minimum atomic E-state index is -4.91. The maximum absolute atomic E-state index is 12.9. The third-order valence-corrected chi connectivity index (χ3v) is 6.64. The van der Waals surface area contributed by atoms with E-state index in [1.165, 1.54) is 35.6 Å². The van der Waals surface area contributed by atoms with Crippen molar-refractivity contribution in [2.75, 3.05) is 16.3 Å². The van der Waals surface area contributed by atoms with E-state index in [0.29, 0.717) is 16.0 Å². The number of hydrogen-bond donors (Lipinski definition) is 2. The standard InChI is InChI=1S/C23H15Cl2F3N2O5S2/c1-37(32,33)30-15-2-3-20-12(4-15)5-21(36-20)22(31)29-16-6-13(24)7-17(10-16)34-18-8-14(25)9-19(11-18)35-23(26,27)28/h2-11,30H,1H3,(H,29,31). The fourth-order valence-corrected chi connectivity index (χ4v) is 5.18. The van der Waals surface area contributed by atoms with Crippen molar-refractivity contribution in [1.29, 1.82) is 0 Å². The first-order valence-electron chi connectivity index (χ1n) is 10.1. The van der Waals surface area contributed by atoms with Gasteiger partial charge in [0.05, 0.1) is 11.1 Å². The predicted molar refractivity (Wildman–Crippen MR) is 138 cm³/mol. The number of carbonyl (C=O) groups is 1. The van der Waals surface area contributed by atoms with Crippen LogP contribution in [0.3, 0.4) is 0 Å². The minimum absolute atomic E-state index is 0.0469. The van der Waals surface area contributed by atoms with E-state index >= 15 is 0 Å². The van der Waals surface area contributed by atoms with Crippen molar-refractivity contribution >= 4 is 71.9 Å². The molecule has 4 rings (SSSR count). The number of anilines is 2. The second kappa shape index (κ2) is 10.3. The number of benzene rings is 3. The number of nitrogens with one attached hydrogen (secondary N) is 2. The van der Waals surface area contributed by atoms with Crippen LogP contribution in [0, 0.1) is 0 Å². The molecule has 194 valence electrons. The molecule has 1 amide bonds. The SMILES string of the molecule is CS(=O)(=O)Nc1ccc2sc(C(=O)Nc3cc(Cl)cc(Oc4cc(Cl)cc(OC(F)(F)F)c4)c3)cc2c1. The lowest BCUT2D eigenvalue weighted by molar-refractivity contribution is -0.274. The highest BCUT2D eigenvalue weighted by molar-refractivity contribution is 7.92. The van der Waals surface area contributed by atoms with Crippen molar-refractivity contribution in [3.05, 3.63) is 75.6 Å². The molecular formula is C23H15Cl2F3N2O5S2. The summed E-state index contributed by atoms with van der Waals surface area (Å²) in [5.74, 6) is -0.953. The fraction of sp³-hybridized carbons (Fsp3) is 0.0870. The van der Waals surface area contributed by atoms with E-state index in [4.69, 9.17) is 27.9 Å². The van der Waals surface area contributed by atoms with Gasteiger partial charge < -0.3 is 14.8 Å². The van der Waals surface area contributed by atoms with E-state index in [-0.39, 0.29) is 27.2 Å². The summed E-state index contributed by atoms with van der Waals surface area (Å²) in [5.41, 5.74) is 0.624. The van der Waals surface area contributed by atoms with Crippen LogP contribution in [0.5, 0.6) is 17.2 Å². The van der Waals surface area contributed by atoms with Gasteiger partial charge in [0, 0.05) is 38.3 Å². The Hall–Kier alpha value is -3.19. The first-order chi connectivity index (χ1) is 17.2. The van der Waals surface area contributed by atoms with Crippen molar-refractivity contribution in [1.82, 2.24) is 0 Å². The monoisotopic (exact) mass is 590 g/mol. The largest absolute Gasteiger partial charge is 0.573 e. The predicted octanol–water partition coefficient (Wildman–Crippen LogP) is 7.52. The van der Waals surface area contributed by atoms with Gasteiger partial charge in [-0.2, -0.15) is 0 Å². The molecule has 0 fully saturated rings. The first-order valence-corrected chi connectivity index (χ1v) is 13.6. The van der Waals surface area contributed by atoms with Crippen LogP contribution >= 0.6 is 34.5 Å². The zero-order valence-corrected chi connectivity index (χ0v) is 21.7.